The maximum atomic E-state index is 13.4. The Balaban J connectivity index is 1.35. The van der Waals surface area contributed by atoms with E-state index < -0.39 is 0 Å². The van der Waals surface area contributed by atoms with Crippen molar-refractivity contribution in [2.24, 2.45) is 0 Å². The van der Waals surface area contributed by atoms with Crippen molar-refractivity contribution in [3.05, 3.63) is 88.7 Å². The summed E-state index contributed by atoms with van der Waals surface area (Å²) in [5, 5.41) is 3.29. The molecule has 8 heteroatoms. The van der Waals surface area contributed by atoms with Gasteiger partial charge in [0.25, 0.3) is 0 Å². The molecule has 0 spiro atoms. The Kier molecular flexibility index (Phi) is 7.49. The van der Waals surface area contributed by atoms with E-state index in [1.54, 1.807) is 24.3 Å². The molecular weight excluding hydrogens is 503 g/mol. The van der Waals surface area contributed by atoms with Gasteiger partial charge in [0.05, 0.1) is 5.02 Å². The normalized spacial score (nSPS) is 19.2. The summed E-state index contributed by atoms with van der Waals surface area (Å²) in [5.74, 6) is -0.513. The SMILES string of the molecule is CC(=O)Nc1cc(Cl)c(-c2cccc(N)c2)cc1C=CC(=O)N1C2CCC1CN(Cc1ccc(F)cc1)C2. The van der Waals surface area contributed by atoms with Gasteiger partial charge in [-0.15, -0.1) is 0 Å². The Bertz CT molecular complexity index is 1380. The lowest BCUT2D eigenvalue weighted by molar-refractivity contribution is -0.131. The van der Waals surface area contributed by atoms with Gasteiger partial charge in [-0.3, -0.25) is 14.5 Å². The number of likely N-dealkylation sites (tertiary alicyclic amines) is 1. The summed E-state index contributed by atoms with van der Waals surface area (Å²) >= 11 is 6.57. The smallest absolute Gasteiger partial charge is 0.247 e. The lowest BCUT2D eigenvalue weighted by atomic mass is 10.0. The van der Waals surface area contributed by atoms with E-state index in [9.17, 15) is 14.0 Å². The van der Waals surface area contributed by atoms with Crippen LogP contribution in [0, 0.1) is 5.82 Å². The average Bonchev–Trinajstić information content (AvgIpc) is 3.14. The zero-order chi connectivity index (χ0) is 26.8. The Hall–Kier alpha value is -3.68. The lowest BCUT2D eigenvalue weighted by Crippen LogP contribution is -2.55. The predicted molar refractivity (Wildman–Crippen MR) is 150 cm³/mol. The van der Waals surface area contributed by atoms with Crippen molar-refractivity contribution >= 4 is 40.9 Å². The third-order valence-electron chi connectivity index (χ3n) is 7.18. The number of hydrogen-bond donors (Lipinski definition) is 2. The largest absolute Gasteiger partial charge is 0.399 e. The van der Waals surface area contributed by atoms with Gasteiger partial charge in [-0.25, -0.2) is 4.39 Å². The molecule has 38 heavy (non-hydrogen) atoms. The van der Waals surface area contributed by atoms with Gasteiger partial charge in [-0.1, -0.05) is 35.9 Å². The molecule has 2 amide bonds. The fourth-order valence-corrected chi connectivity index (χ4v) is 5.80. The molecular formula is C30H30ClFN4O2. The number of carbonyl (C=O) groups excluding carboxylic acids is 2. The van der Waals surface area contributed by atoms with Crippen molar-refractivity contribution in [1.82, 2.24) is 9.80 Å². The molecule has 2 saturated heterocycles. The summed E-state index contributed by atoms with van der Waals surface area (Å²) < 4.78 is 13.3. The van der Waals surface area contributed by atoms with Crippen molar-refractivity contribution in [3.63, 3.8) is 0 Å². The number of benzene rings is 3. The van der Waals surface area contributed by atoms with E-state index in [1.807, 2.05) is 41.3 Å². The summed E-state index contributed by atoms with van der Waals surface area (Å²) in [6, 6.07) is 17.8. The minimum Gasteiger partial charge on any atom is -0.399 e. The van der Waals surface area contributed by atoms with Crippen LogP contribution in [0.5, 0.6) is 0 Å². The first kappa shape index (κ1) is 25.9. The van der Waals surface area contributed by atoms with Gasteiger partial charge in [-0.05, 0) is 72.0 Å². The van der Waals surface area contributed by atoms with Crippen LogP contribution in [0.25, 0.3) is 17.2 Å². The summed E-state index contributed by atoms with van der Waals surface area (Å²) in [7, 11) is 0. The molecule has 6 nitrogen and oxygen atoms in total. The van der Waals surface area contributed by atoms with E-state index in [1.165, 1.54) is 19.1 Å². The molecule has 0 aromatic heterocycles. The summed E-state index contributed by atoms with van der Waals surface area (Å²) in [4.78, 5) is 29.6. The van der Waals surface area contributed by atoms with Crippen LogP contribution in [-0.2, 0) is 16.1 Å². The molecule has 2 aliphatic heterocycles. The highest BCUT2D eigenvalue weighted by Gasteiger charge is 2.41. The van der Waals surface area contributed by atoms with Gasteiger partial charge >= 0.3 is 0 Å². The van der Waals surface area contributed by atoms with Crippen LogP contribution in [0.15, 0.2) is 66.7 Å². The maximum absolute atomic E-state index is 13.4. The van der Waals surface area contributed by atoms with Gasteiger partial charge in [0, 0.05) is 61.7 Å². The number of fused-ring (bicyclic) bond motifs is 2. The molecule has 2 aliphatic rings. The third-order valence-corrected chi connectivity index (χ3v) is 7.50. The number of rotatable bonds is 6. The molecule has 3 aromatic carbocycles. The van der Waals surface area contributed by atoms with Crippen molar-refractivity contribution in [2.75, 3.05) is 24.1 Å². The maximum Gasteiger partial charge on any atom is 0.247 e. The van der Waals surface area contributed by atoms with Crippen LogP contribution in [0.1, 0.15) is 30.9 Å². The fraction of sp³-hybridized carbons (Fsp3) is 0.267. The first-order valence-corrected chi connectivity index (χ1v) is 13.1. The highest BCUT2D eigenvalue weighted by molar-refractivity contribution is 6.34. The number of carbonyl (C=O) groups is 2. The van der Waals surface area contributed by atoms with E-state index in [0.29, 0.717) is 22.0 Å². The van der Waals surface area contributed by atoms with Gasteiger partial charge < -0.3 is 16.0 Å². The zero-order valence-corrected chi connectivity index (χ0v) is 21.9. The van der Waals surface area contributed by atoms with Crippen molar-refractivity contribution < 1.29 is 14.0 Å². The molecule has 5 rings (SSSR count). The summed E-state index contributed by atoms with van der Waals surface area (Å²) in [6.45, 7) is 3.74. The van der Waals surface area contributed by atoms with Crippen molar-refractivity contribution in [3.8, 4) is 11.1 Å². The fourth-order valence-electron chi connectivity index (χ4n) is 5.53. The third kappa shape index (κ3) is 5.74. The number of amides is 2. The molecule has 3 aromatic rings. The predicted octanol–water partition coefficient (Wildman–Crippen LogP) is 5.58. The number of halogens is 2. The van der Waals surface area contributed by atoms with E-state index in [-0.39, 0.29) is 29.7 Å². The molecule has 0 saturated carbocycles. The topological polar surface area (TPSA) is 78.7 Å². The summed E-state index contributed by atoms with van der Waals surface area (Å²) in [5.41, 5.74) is 10.5. The quantitative estimate of drug-likeness (QED) is 0.321. The number of anilines is 2. The number of hydrogen-bond acceptors (Lipinski definition) is 4. The standard InChI is InChI=1S/C30H30ClFN4O2/c1-19(37)34-29-15-28(31)27(21-3-2-4-24(33)13-21)14-22(29)7-12-30(38)36-25-10-11-26(36)18-35(17-25)16-20-5-8-23(32)9-6-20/h2-9,12-15,25-26H,10-11,16-18,33H2,1H3,(H,34,37). The second kappa shape index (κ2) is 11.0. The monoisotopic (exact) mass is 532 g/mol. The van der Waals surface area contributed by atoms with E-state index >= 15 is 0 Å². The molecule has 3 N–H and O–H groups in total. The molecule has 2 unspecified atom stereocenters. The van der Waals surface area contributed by atoms with E-state index in [0.717, 1.165) is 49.2 Å². The first-order valence-electron chi connectivity index (χ1n) is 12.7. The molecule has 196 valence electrons. The van der Waals surface area contributed by atoms with Crippen LogP contribution in [0.2, 0.25) is 5.02 Å². The number of nitrogens with zero attached hydrogens (tertiary/aromatic N) is 2. The van der Waals surface area contributed by atoms with Crippen molar-refractivity contribution in [1.29, 1.82) is 0 Å². The Morgan fingerprint density at radius 2 is 1.79 bits per heavy atom. The number of piperazine rings is 1. The molecule has 2 bridgehead atoms. The van der Waals surface area contributed by atoms with Crippen LogP contribution in [0.4, 0.5) is 15.8 Å². The van der Waals surface area contributed by atoms with Gasteiger partial charge in [0.2, 0.25) is 11.8 Å². The van der Waals surface area contributed by atoms with E-state index in [2.05, 4.69) is 10.2 Å². The molecule has 2 atom stereocenters. The number of nitrogen functional groups attached to an aromatic ring is 1. The highest BCUT2D eigenvalue weighted by atomic mass is 35.5. The Morgan fingerprint density at radius 1 is 1.08 bits per heavy atom. The summed E-state index contributed by atoms with van der Waals surface area (Å²) in [6.07, 6.45) is 5.24. The van der Waals surface area contributed by atoms with Gasteiger partial charge in [-0.2, -0.15) is 0 Å². The number of nitrogens with one attached hydrogen (secondary N) is 1. The Labute approximate surface area is 226 Å². The van der Waals surface area contributed by atoms with Crippen LogP contribution >= 0.6 is 11.6 Å². The average molecular weight is 533 g/mol. The second-order valence-electron chi connectivity index (χ2n) is 10.0. The molecule has 0 aliphatic carbocycles. The van der Waals surface area contributed by atoms with Crippen LogP contribution < -0.4 is 11.1 Å². The molecule has 2 heterocycles. The second-order valence-corrected chi connectivity index (χ2v) is 10.4. The van der Waals surface area contributed by atoms with Crippen LogP contribution in [0.3, 0.4) is 0 Å². The molecule has 2 fully saturated rings. The van der Waals surface area contributed by atoms with Crippen molar-refractivity contribution in [2.45, 2.75) is 38.4 Å². The van der Waals surface area contributed by atoms with Crippen LogP contribution in [-0.4, -0.2) is 46.8 Å². The van der Waals surface area contributed by atoms with Gasteiger partial charge in [0.15, 0.2) is 0 Å². The minimum absolute atomic E-state index is 0.0480. The van der Waals surface area contributed by atoms with E-state index in [4.69, 9.17) is 17.3 Å². The minimum atomic E-state index is -0.238. The number of nitrogens with two attached hydrogens (primary N) is 1. The highest BCUT2D eigenvalue weighted by Crippen LogP contribution is 2.35. The Morgan fingerprint density at radius 3 is 2.45 bits per heavy atom. The molecule has 0 radical (unpaired) electrons. The first-order chi connectivity index (χ1) is 18.3. The lowest BCUT2D eigenvalue weighted by Gasteiger charge is -2.40. The zero-order valence-electron chi connectivity index (χ0n) is 21.2. The van der Waals surface area contributed by atoms with Gasteiger partial charge in [0.1, 0.15) is 5.82 Å².